The number of nitrogens with one attached hydrogen (secondary N) is 2. The van der Waals surface area contributed by atoms with E-state index < -0.39 is 20.7 Å². The second kappa shape index (κ2) is 14.4. The zero-order chi connectivity index (χ0) is 36.5. The second-order valence-corrected chi connectivity index (χ2v) is 16.0. The molecule has 2 amide bonds. The predicted octanol–water partition coefficient (Wildman–Crippen LogP) is 5.21. The molecule has 3 aromatic carbocycles. The molecule has 0 spiro atoms. The van der Waals surface area contributed by atoms with Crippen LogP contribution >= 0.6 is 0 Å². The molecule has 12 nitrogen and oxygen atoms in total. The van der Waals surface area contributed by atoms with Crippen molar-refractivity contribution in [1.29, 1.82) is 0 Å². The summed E-state index contributed by atoms with van der Waals surface area (Å²) < 4.78 is 31.0. The molecule has 2 N–H and O–H groups in total. The number of ether oxygens (including phenoxy) is 1. The lowest BCUT2D eigenvalue weighted by molar-refractivity contribution is -0.138. The topological polar surface area (TPSA) is 150 Å². The highest BCUT2D eigenvalue weighted by molar-refractivity contribution is 7.92. The van der Waals surface area contributed by atoms with Crippen molar-refractivity contribution in [2.24, 2.45) is 0 Å². The highest BCUT2D eigenvalue weighted by Crippen LogP contribution is 2.32. The number of carbonyl (C=O) groups excluding carboxylic acids is 2. The molecule has 4 heterocycles. The standard InChI is InChI=1S/C39H41N7O5S/c1-26(2)52(49,50)32-12-9-29(10-13-32)36-33-23-31(11-14-34(33)43-44-36)42-38(48)39(51-3)17-22-45(25-39)24-35(47)46-20-15-28(16-21-46)27-5-7-30(8-6-27)37-40-18-4-19-41-37/h4-15,18-19,23,26H,16-17,20-22,24-25H2,1-3H3,(H,42,48)(H,43,44)/t39-/m0/s1. The fourth-order valence-corrected chi connectivity index (χ4v) is 7.86. The molecule has 0 bridgehead atoms. The van der Waals surface area contributed by atoms with Crippen molar-refractivity contribution < 1.29 is 22.7 Å². The number of nitrogens with zero attached hydrogens (tertiary/aromatic N) is 5. The Hall–Kier alpha value is -5.24. The van der Waals surface area contributed by atoms with Crippen LogP contribution in [0.5, 0.6) is 0 Å². The van der Waals surface area contributed by atoms with Crippen LogP contribution in [0.15, 0.2) is 96.2 Å². The lowest BCUT2D eigenvalue weighted by atomic mass is 9.98. The van der Waals surface area contributed by atoms with Crippen molar-refractivity contribution in [3.8, 4) is 22.6 Å². The van der Waals surface area contributed by atoms with E-state index >= 15 is 0 Å². The van der Waals surface area contributed by atoms with Crippen LogP contribution in [-0.2, 0) is 24.2 Å². The van der Waals surface area contributed by atoms with Crippen molar-refractivity contribution in [2.45, 2.75) is 42.4 Å². The Morgan fingerprint density at radius 1 is 0.962 bits per heavy atom. The maximum Gasteiger partial charge on any atom is 0.258 e. The van der Waals surface area contributed by atoms with E-state index in [0.29, 0.717) is 43.3 Å². The maximum atomic E-state index is 13.7. The first-order chi connectivity index (χ1) is 25.1. The molecule has 7 rings (SSSR count). The first-order valence-corrected chi connectivity index (χ1v) is 18.9. The summed E-state index contributed by atoms with van der Waals surface area (Å²) in [4.78, 5) is 39.8. The molecule has 1 atom stereocenters. The molecule has 0 unspecified atom stereocenters. The molecule has 268 valence electrons. The van der Waals surface area contributed by atoms with Gasteiger partial charge in [0.15, 0.2) is 21.3 Å². The zero-order valence-electron chi connectivity index (χ0n) is 29.4. The molecule has 13 heteroatoms. The van der Waals surface area contributed by atoms with Gasteiger partial charge in [-0.3, -0.25) is 19.6 Å². The molecule has 0 radical (unpaired) electrons. The van der Waals surface area contributed by atoms with Gasteiger partial charge in [0.25, 0.3) is 5.91 Å². The maximum absolute atomic E-state index is 13.7. The van der Waals surface area contributed by atoms with E-state index in [0.717, 1.165) is 34.0 Å². The molecule has 0 aliphatic carbocycles. The number of fused-ring (bicyclic) bond motifs is 1. The number of hydrogen-bond acceptors (Lipinski definition) is 9. The second-order valence-electron chi connectivity index (χ2n) is 13.5. The molecular formula is C39H41N7O5S. The third-order valence-electron chi connectivity index (χ3n) is 10.0. The van der Waals surface area contributed by atoms with E-state index in [9.17, 15) is 18.0 Å². The molecule has 1 fully saturated rings. The Labute approximate surface area is 302 Å². The van der Waals surface area contributed by atoms with Crippen LogP contribution in [0.4, 0.5) is 5.69 Å². The number of rotatable bonds is 10. The summed E-state index contributed by atoms with van der Waals surface area (Å²) >= 11 is 0. The quantitative estimate of drug-likeness (QED) is 0.198. The average molecular weight is 720 g/mol. The highest BCUT2D eigenvalue weighted by atomic mass is 32.2. The van der Waals surface area contributed by atoms with Gasteiger partial charge >= 0.3 is 0 Å². The number of methoxy groups -OCH3 is 1. The fourth-order valence-electron chi connectivity index (χ4n) is 6.80. The van der Waals surface area contributed by atoms with E-state index in [1.165, 1.54) is 12.7 Å². The van der Waals surface area contributed by atoms with Gasteiger partial charge in [-0.1, -0.05) is 42.5 Å². The number of anilines is 1. The Bertz CT molecular complexity index is 2240. The van der Waals surface area contributed by atoms with Crippen LogP contribution in [0.3, 0.4) is 0 Å². The number of aromatic nitrogens is 4. The van der Waals surface area contributed by atoms with Crippen molar-refractivity contribution in [3.63, 3.8) is 0 Å². The van der Waals surface area contributed by atoms with Crippen LogP contribution in [0.25, 0.3) is 39.1 Å². The molecule has 5 aromatic rings. The van der Waals surface area contributed by atoms with Gasteiger partial charge in [-0.15, -0.1) is 0 Å². The Kier molecular flexibility index (Phi) is 9.75. The molecular weight excluding hydrogens is 679 g/mol. The normalized spacial score (nSPS) is 18.2. The van der Waals surface area contributed by atoms with Gasteiger partial charge in [-0.2, -0.15) is 5.10 Å². The molecule has 2 aromatic heterocycles. The number of amides is 2. The SMILES string of the molecule is CO[C@@]1(C(=O)Nc2ccc3[nH]nc(-c4ccc(S(=O)(=O)C(C)C)cc4)c3c2)CCN(CC(=O)N2CC=C(c3ccc(-c4ncccn4)cc3)CC2)C1. The zero-order valence-corrected chi connectivity index (χ0v) is 30.2. The van der Waals surface area contributed by atoms with Gasteiger partial charge in [-0.05, 0) is 74.2 Å². The van der Waals surface area contributed by atoms with Gasteiger partial charge in [0, 0.05) is 67.9 Å². The summed E-state index contributed by atoms with van der Waals surface area (Å²) in [5, 5.41) is 10.8. The Morgan fingerprint density at radius 2 is 1.67 bits per heavy atom. The minimum atomic E-state index is -3.40. The van der Waals surface area contributed by atoms with Crippen LogP contribution in [0.1, 0.15) is 32.3 Å². The first-order valence-electron chi connectivity index (χ1n) is 17.3. The largest absolute Gasteiger partial charge is 0.367 e. The molecule has 2 aliphatic rings. The summed E-state index contributed by atoms with van der Waals surface area (Å²) in [6, 6.07) is 22.1. The molecule has 1 saturated heterocycles. The van der Waals surface area contributed by atoms with E-state index in [1.54, 1.807) is 62.6 Å². The summed E-state index contributed by atoms with van der Waals surface area (Å²) in [6.45, 7) is 5.51. The minimum absolute atomic E-state index is 0.0203. The number of benzene rings is 3. The third-order valence-corrected chi connectivity index (χ3v) is 12.2. The Morgan fingerprint density at radius 3 is 2.35 bits per heavy atom. The van der Waals surface area contributed by atoms with Gasteiger partial charge in [0.1, 0.15) is 0 Å². The van der Waals surface area contributed by atoms with Gasteiger partial charge in [-0.25, -0.2) is 18.4 Å². The van der Waals surface area contributed by atoms with Crippen LogP contribution < -0.4 is 5.32 Å². The van der Waals surface area contributed by atoms with Crippen molar-refractivity contribution >= 4 is 43.8 Å². The van der Waals surface area contributed by atoms with Crippen LogP contribution in [-0.4, -0.2) is 101 Å². The fraction of sp³-hybridized carbons (Fsp3) is 0.308. The van der Waals surface area contributed by atoms with E-state index in [1.807, 2.05) is 34.1 Å². The molecule has 0 saturated carbocycles. The summed E-state index contributed by atoms with van der Waals surface area (Å²) in [7, 11) is -1.87. The lowest BCUT2D eigenvalue weighted by Crippen LogP contribution is -2.48. The van der Waals surface area contributed by atoms with Crippen molar-refractivity contribution in [1.82, 2.24) is 30.0 Å². The highest BCUT2D eigenvalue weighted by Gasteiger charge is 2.45. The van der Waals surface area contributed by atoms with Gasteiger partial charge < -0.3 is 15.0 Å². The number of likely N-dealkylation sites (tertiary alicyclic amines) is 1. The molecule has 2 aliphatic heterocycles. The van der Waals surface area contributed by atoms with Crippen LogP contribution in [0.2, 0.25) is 0 Å². The lowest BCUT2D eigenvalue weighted by Gasteiger charge is -2.30. The summed E-state index contributed by atoms with van der Waals surface area (Å²) in [5.74, 6) is 0.424. The monoisotopic (exact) mass is 719 g/mol. The first kappa shape index (κ1) is 35.2. The summed E-state index contributed by atoms with van der Waals surface area (Å²) in [6.07, 6.45) is 6.77. The Balaban J connectivity index is 0.967. The van der Waals surface area contributed by atoms with Crippen molar-refractivity contribution in [2.75, 3.05) is 45.2 Å². The average Bonchev–Trinajstić information content (AvgIpc) is 3.80. The van der Waals surface area contributed by atoms with Gasteiger partial charge in [0.2, 0.25) is 5.91 Å². The van der Waals surface area contributed by atoms with E-state index in [2.05, 4.69) is 43.7 Å². The minimum Gasteiger partial charge on any atom is -0.367 e. The summed E-state index contributed by atoms with van der Waals surface area (Å²) in [5.41, 5.74) is 4.91. The van der Waals surface area contributed by atoms with E-state index in [-0.39, 0.29) is 29.8 Å². The van der Waals surface area contributed by atoms with Gasteiger partial charge in [0.05, 0.1) is 27.9 Å². The number of carbonyl (C=O) groups is 2. The number of aromatic amines is 1. The third kappa shape index (κ3) is 6.99. The number of H-pyrrole nitrogens is 1. The van der Waals surface area contributed by atoms with E-state index in [4.69, 9.17) is 4.74 Å². The number of hydrogen-bond donors (Lipinski definition) is 2. The molecule has 52 heavy (non-hydrogen) atoms. The predicted molar refractivity (Wildman–Crippen MR) is 200 cm³/mol. The van der Waals surface area contributed by atoms with Crippen molar-refractivity contribution in [3.05, 3.63) is 96.8 Å². The number of sulfone groups is 1. The van der Waals surface area contributed by atoms with Crippen LogP contribution in [0, 0.1) is 0 Å². The smallest absolute Gasteiger partial charge is 0.258 e.